The zero-order valence-electron chi connectivity index (χ0n) is 15.1. The van der Waals surface area contributed by atoms with Crippen LogP contribution in [0.1, 0.15) is 0 Å². The highest BCUT2D eigenvalue weighted by atomic mass is 16.6. The second-order valence-electron chi connectivity index (χ2n) is 6.79. The SMILES string of the molecule is COc1ccc2ccccc2c1-c1c(OC[C@@H]2CO2)ccc2ccccc12. The van der Waals surface area contributed by atoms with Gasteiger partial charge in [-0.05, 0) is 33.7 Å². The van der Waals surface area contributed by atoms with Gasteiger partial charge in [-0.15, -0.1) is 0 Å². The molecule has 0 N–H and O–H groups in total. The predicted molar refractivity (Wildman–Crippen MR) is 109 cm³/mol. The monoisotopic (exact) mass is 356 g/mol. The fourth-order valence-corrected chi connectivity index (χ4v) is 3.66. The van der Waals surface area contributed by atoms with Crippen molar-refractivity contribution in [1.29, 1.82) is 0 Å². The van der Waals surface area contributed by atoms with Crippen molar-refractivity contribution < 1.29 is 14.2 Å². The highest BCUT2D eigenvalue weighted by molar-refractivity contribution is 6.09. The summed E-state index contributed by atoms with van der Waals surface area (Å²) in [6.07, 6.45) is 0.207. The van der Waals surface area contributed by atoms with Crippen LogP contribution in [0.25, 0.3) is 32.7 Å². The lowest BCUT2D eigenvalue weighted by Crippen LogP contribution is -2.05. The quantitative estimate of drug-likeness (QED) is 0.446. The molecule has 1 aliphatic heterocycles. The minimum absolute atomic E-state index is 0.207. The topological polar surface area (TPSA) is 31.0 Å². The average molecular weight is 356 g/mol. The van der Waals surface area contributed by atoms with Crippen molar-refractivity contribution in [2.45, 2.75) is 6.10 Å². The molecule has 4 aromatic carbocycles. The largest absolute Gasteiger partial charge is 0.496 e. The van der Waals surface area contributed by atoms with E-state index < -0.39 is 0 Å². The van der Waals surface area contributed by atoms with Crippen LogP contribution in [0.3, 0.4) is 0 Å². The van der Waals surface area contributed by atoms with Gasteiger partial charge in [0.25, 0.3) is 0 Å². The van der Waals surface area contributed by atoms with Crippen LogP contribution in [0, 0.1) is 0 Å². The second-order valence-corrected chi connectivity index (χ2v) is 6.79. The number of benzene rings is 4. The second kappa shape index (κ2) is 6.60. The first-order chi connectivity index (χ1) is 13.3. The highest BCUT2D eigenvalue weighted by Gasteiger charge is 2.25. The summed E-state index contributed by atoms with van der Waals surface area (Å²) in [6, 6.07) is 25.1. The van der Waals surface area contributed by atoms with Gasteiger partial charge < -0.3 is 14.2 Å². The van der Waals surface area contributed by atoms with E-state index in [4.69, 9.17) is 14.2 Å². The minimum atomic E-state index is 0.207. The molecule has 0 amide bonds. The normalized spacial score (nSPS) is 15.8. The van der Waals surface area contributed by atoms with Gasteiger partial charge in [0.05, 0.1) is 13.7 Å². The molecule has 0 radical (unpaired) electrons. The van der Waals surface area contributed by atoms with Gasteiger partial charge in [0.15, 0.2) is 0 Å². The molecule has 0 saturated carbocycles. The van der Waals surface area contributed by atoms with Gasteiger partial charge in [0.1, 0.15) is 24.2 Å². The molecule has 1 aliphatic rings. The van der Waals surface area contributed by atoms with E-state index >= 15 is 0 Å². The zero-order chi connectivity index (χ0) is 18.2. The van der Waals surface area contributed by atoms with Crippen molar-refractivity contribution in [3.05, 3.63) is 72.8 Å². The Labute approximate surface area is 158 Å². The first-order valence-electron chi connectivity index (χ1n) is 9.17. The molecule has 3 heteroatoms. The van der Waals surface area contributed by atoms with E-state index in [-0.39, 0.29) is 6.10 Å². The highest BCUT2D eigenvalue weighted by Crippen LogP contribution is 2.45. The van der Waals surface area contributed by atoms with Crippen molar-refractivity contribution in [2.24, 2.45) is 0 Å². The smallest absolute Gasteiger partial charge is 0.128 e. The van der Waals surface area contributed by atoms with Crippen LogP contribution in [-0.4, -0.2) is 26.4 Å². The Morgan fingerprint density at radius 3 is 1.93 bits per heavy atom. The summed E-state index contributed by atoms with van der Waals surface area (Å²) in [6.45, 7) is 1.35. The molecule has 0 aromatic heterocycles. The fourth-order valence-electron chi connectivity index (χ4n) is 3.66. The van der Waals surface area contributed by atoms with Crippen LogP contribution >= 0.6 is 0 Å². The summed E-state index contributed by atoms with van der Waals surface area (Å²) in [5, 5.41) is 4.66. The molecule has 1 saturated heterocycles. The van der Waals surface area contributed by atoms with Crippen LogP contribution in [0.4, 0.5) is 0 Å². The first-order valence-corrected chi connectivity index (χ1v) is 9.17. The van der Waals surface area contributed by atoms with E-state index in [2.05, 4.69) is 66.7 Å². The third kappa shape index (κ3) is 2.90. The van der Waals surface area contributed by atoms with E-state index in [1.807, 2.05) is 6.07 Å². The van der Waals surface area contributed by atoms with Gasteiger partial charge in [0, 0.05) is 11.1 Å². The Morgan fingerprint density at radius 2 is 1.33 bits per heavy atom. The summed E-state index contributed by atoms with van der Waals surface area (Å²) in [4.78, 5) is 0. The maximum absolute atomic E-state index is 6.19. The maximum atomic E-state index is 6.19. The molecule has 1 atom stereocenters. The Hall–Kier alpha value is -3.04. The number of epoxide rings is 1. The third-order valence-electron chi connectivity index (χ3n) is 5.08. The maximum Gasteiger partial charge on any atom is 0.128 e. The molecule has 5 rings (SSSR count). The number of hydrogen-bond donors (Lipinski definition) is 0. The Balaban J connectivity index is 1.83. The van der Waals surface area contributed by atoms with Crippen molar-refractivity contribution in [2.75, 3.05) is 20.3 Å². The van der Waals surface area contributed by atoms with Crippen molar-refractivity contribution in [1.82, 2.24) is 0 Å². The molecule has 0 bridgehead atoms. The Bertz CT molecular complexity index is 1130. The zero-order valence-corrected chi connectivity index (χ0v) is 15.1. The Kier molecular flexibility index (Phi) is 3.95. The molecular weight excluding hydrogens is 336 g/mol. The molecule has 27 heavy (non-hydrogen) atoms. The van der Waals surface area contributed by atoms with Gasteiger partial charge in [-0.25, -0.2) is 0 Å². The lowest BCUT2D eigenvalue weighted by molar-refractivity contribution is 0.264. The van der Waals surface area contributed by atoms with E-state index in [0.29, 0.717) is 6.61 Å². The Morgan fingerprint density at radius 1 is 0.778 bits per heavy atom. The van der Waals surface area contributed by atoms with Gasteiger partial charge in [-0.1, -0.05) is 60.7 Å². The van der Waals surface area contributed by atoms with E-state index in [1.54, 1.807) is 7.11 Å². The number of hydrogen-bond acceptors (Lipinski definition) is 3. The van der Waals surface area contributed by atoms with Gasteiger partial charge in [-0.2, -0.15) is 0 Å². The van der Waals surface area contributed by atoms with Gasteiger partial charge in [0.2, 0.25) is 0 Å². The number of methoxy groups -OCH3 is 1. The first kappa shape index (κ1) is 16.2. The molecule has 3 nitrogen and oxygen atoms in total. The number of fused-ring (bicyclic) bond motifs is 2. The van der Waals surface area contributed by atoms with E-state index in [0.717, 1.165) is 40.0 Å². The standard InChI is InChI=1S/C24H20O3/c1-25-21-12-10-16-6-2-4-8-19(16)23(21)24-20-9-5-3-7-17(20)11-13-22(24)27-15-18-14-26-18/h2-13,18H,14-15H2,1H3/t18-/m0/s1. The minimum Gasteiger partial charge on any atom is -0.496 e. The van der Waals surface area contributed by atoms with Crippen molar-refractivity contribution in [3.8, 4) is 22.6 Å². The number of ether oxygens (including phenoxy) is 3. The lowest BCUT2D eigenvalue weighted by atomic mass is 9.92. The molecular formula is C24H20O3. The van der Waals surface area contributed by atoms with Gasteiger partial charge in [-0.3, -0.25) is 0 Å². The average Bonchev–Trinajstić information content (AvgIpc) is 3.55. The fraction of sp³-hybridized carbons (Fsp3) is 0.167. The summed E-state index contributed by atoms with van der Waals surface area (Å²) < 4.78 is 17.3. The van der Waals surface area contributed by atoms with Crippen LogP contribution < -0.4 is 9.47 Å². The predicted octanol–water partition coefficient (Wildman–Crippen LogP) is 5.45. The number of rotatable bonds is 5. The summed E-state index contributed by atoms with van der Waals surface area (Å²) in [7, 11) is 1.72. The summed E-state index contributed by atoms with van der Waals surface area (Å²) in [5.74, 6) is 1.71. The van der Waals surface area contributed by atoms with Crippen molar-refractivity contribution in [3.63, 3.8) is 0 Å². The lowest BCUT2D eigenvalue weighted by Gasteiger charge is -2.18. The van der Waals surface area contributed by atoms with E-state index in [9.17, 15) is 0 Å². The molecule has 4 aromatic rings. The van der Waals surface area contributed by atoms with Crippen molar-refractivity contribution >= 4 is 21.5 Å². The van der Waals surface area contributed by atoms with Crippen LogP contribution in [0.15, 0.2) is 72.8 Å². The molecule has 0 spiro atoms. The molecule has 0 unspecified atom stereocenters. The molecule has 0 aliphatic carbocycles. The summed E-state index contributed by atoms with van der Waals surface area (Å²) >= 11 is 0. The summed E-state index contributed by atoms with van der Waals surface area (Å²) in [5.41, 5.74) is 2.14. The third-order valence-corrected chi connectivity index (χ3v) is 5.08. The van der Waals surface area contributed by atoms with Crippen LogP contribution in [0.2, 0.25) is 0 Å². The van der Waals surface area contributed by atoms with Gasteiger partial charge >= 0.3 is 0 Å². The molecule has 1 heterocycles. The van der Waals surface area contributed by atoms with Crippen LogP contribution in [0.5, 0.6) is 11.5 Å². The molecule has 1 fully saturated rings. The molecule has 134 valence electrons. The van der Waals surface area contributed by atoms with E-state index in [1.165, 1.54) is 10.8 Å². The van der Waals surface area contributed by atoms with Crippen LogP contribution in [-0.2, 0) is 4.74 Å².